The Labute approximate surface area is 112 Å². The number of halogens is 1. The molecule has 17 heavy (non-hydrogen) atoms. The van der Waals surface area contributed by atoms with Crippen LogP contribution in [0.3, 0.4) is 0 Å². The molecule has 94 valence electrons. The number of unbranched alkanes of at least 4 members (excludes halogenated alkanes) is 4. The van der Waals surface area contributed by atoms with E-state index in [2.05, 4.69) is 28.2 Å². The predicted molar refractivity (Wildman–Crippen MR) is 76.1 cm³/mol. The van der Waals surface area contributed by atoms with Gasteiger partial charge in [0.2, 0.25) is 5.91 Å². The smallest absolute Gasteiger partial charge is 0.224 e. The Morgan fingerprint density at radius 1 is 1.12 bits per heavy atom. The van der Waals surface area contributed by atoms with Gasteiger partial charge in [0.1, 0.15) is 0 Å². The highest BCUT2D eigenvalue weighted by molar-refractivity contribution is 9.10. The number of amides is 1. The Bertz CT molecular complexity index is 335. The number of benzene rings is 1. The van der Waals surface area contributed by atoms with E-state index in [0.29, 0.717) is 6.42 Å². The first-order valence-corrected chi connectivity index (χ1v) is 7.07. The molecule has 1 N–H and O–H groups in total. The van der Waals surface area contributed by atoms with Gasteiger partial charge in [-0.3, -0.25) is 4.79 Å². The van der Waals surface area contributed by atoms with Crippen molar-refractivity contribution >= 4 is 27.5 Å². The summed E-state index contributed by atoms with van der Waals surface area (Å²) in [6.45, 7) is 2.19. The Morgan fingerprint density at radius 3 is 2.41 bits per heavy atom. The number of anilines is 1. The van der Waals surface area contributed by atoms with Crippen LogP contribution in [0.5, 0.6) is 0 Å². The fourth-order valence-electron chi connectivity index (χ4n) is 1.65. The molecule has 0 saturated carbocycles. The SMILES string of the molecule is CCCCCCCC(=O)Nc1ccc(Br)cc1. The van der Waals surface area contributed by atoms with E-state index in [1.807, 2.05) is 24.3 Å². The van der Waals surface area contributed by atoms with Gasteiger partial charge in [-0.1, -0.05) is 48.5 Å². The molecule has 0 aromatic heterocycles. The molecule has 0 fully saturated rings. The van der Waals surface area contributed by atoms with Gasteiger partial charge in [0, 0.05) is 16.6 Å². The summed E-state index contributed by atoms with van der Waals surface area (Å²) in [4.78, 5) is 11.6. The van der Waals surface area contributed by atoms with Gasteiger partial charge >= 0.3 is 0 Å². The largest absolute Gasteiger partial charge is 0.326 e. The molecule has 0 unspecified atom stereocenters. The minimum Gasteiger partial charge on any atom is -0.326 e. The maximum absolute atomic E-state index is 11.6. The summed E-state index contributed by atoms with van der Waals surface area (Å²) < 4.78 is 1.02. The highest BCUT2D eigenvalue weighted by atomic mass is 79.9. The van der Waals surface area contributed by atoms with E-state index < -0.39 is 0 Å². The molecule has 2 nitrogen and oxygen atoms in total. The monoisotopic (exact) mass is 297 g/mol. The minimum absolute atomic E-state index is 0.115. The lowest BCUT2D eigenvalue weighted by Gasteiger charge is -2.05. The van der Waals surface area contributed by atoms with E-state index >= 15 is 0 Å². The first-order chi connectivity index (χ1) is 8.22. The van der Waals surface area contributed by atoms with Crippen LogP contribution >= 0.6 is 15.9 Å². The molecule has 0 bridgehead atoms. The first kappa shape index (κ1) is 14.2. The van der Waals surface area contributed by atoms with Gasteiger partial charge in [-0.2, -0.15) is 0 Å². The van der Waals surface area contributed by atoms with Crippen molar-refractivity contribution in [2.75, 3.05) is 5.32 Å². The van der Waals surface area contributed by atoms with Gasteiger partial charge in [0.15, 0.2) is 0 Å². The average Bonchev–Trinajstić information content (AvgIpc) is 2.32. The molecule has 1 aromatic carbocycles. The highest BCUT2D eigenvalue weighted by Gasteiger charge is 2.01. The lowest BCUT2D eigenvalue weighted by atomic mass is 10.1. The number of nitrogens with one attached hydrogen (secondary N) is 1. The van der Waals surface area contributed by atoms with Gasteiger partial charge in [-0.25, -0.2) is 0 Å². The van der Waals surface area contributed by atoms with E-state index in [1.165, 1.54) is 19.3 Å². The molecule has 0 aliphatic rings. The zero-order valence-electron chi connectivity index (χ0n) is 10.3. The Balaban J connectivity index is 2.18. The molecular weight excluding hydrogens is 278 g/mol. The Kier molecular flexibility index (Phi) is 6.94. The number of carbonyl (C=O) groups excluding carboxylic acids is 1. The van der Waals surface area contributed by atoms with Gasteiger partial charge in [0.05, 0.1) is 0 Å². The van der Waals surface area contributed by atoms with Crippen LogP contribution in [-0.4, -0.2) is 5.91 Å². The quantitative estimate of drug-likeness (QED) is 0.723. The highest BCUT2D eigenvalue weighted by Crippen LogP contribution is 2.14. The maximum atomic E-state index is 11.6. The van der Waals surface area contributed by atoms with Crippen LogP contribution in [0.15, 0.2) is 28.7 Å². The fraction of sp³-hybridized carbons (Fsp3) is 0.500. The molecule has 1 rings (SSSR count). The molecule has 0 spiro atoms. The molecule has 0 aliphatic heterocycles. The average molecular weight is 298 g/mol. The van der Waals surface area contributed by atoms with E-state index in [1.54, 1.807) is 0 Å². The molecule has 1 aromatic rings. The molecule has 0 heterocycles. The van der Waals surface area contributed by atoms with Crippen molar-refractivity contribution in [2.24, 2.45) is 0 Å². The number of carbonyl (C=O) groups is 1. The summed E-state index contributed by atoms with van der Waals surface area (Å²) >= 11 is 3.36. The molecule has 0 aliphatic carbocycles. The molecule has 0 saturated heterocycles. The van der Waals surface area contributed by atoms with Crippen LogP contribution in [-0.2, 0) is 4.79 Å². The van der Waals surface area contributed by atoms with Crippen LogP contribution in [0, 0.1) is 0 Å². The summed E-state index contributed by atoms with van der Waals surface area (Å²) in [6, 6.07) is 7.66. The van der Waals surface area contributed by atoms with Crippen molar-refractivity contribution in [3.63, 3.8) is 0 Å². The summed E-state index contributed by atoms with van der Waals surface area (Å²) in [7, 11) is 0. The number of rotatable bonds is 7. The lowest BCUT2D eigenvalue weighted by molar-refractivity contribution is -0.116. The van der Waals surface area contributed by atoms with Crippen LogP contribution in [0.4, 0.5) is 5.69 Å². The summed E-state index contributed by atoms with van der Waals surface area (Å²) in [5, 5.41) is 2.90. The lowest BCUT2D eigenvalue weighted by Crippen LogP contribution is -2.10. The van der Waals surface area contributed by atoms with E-state index in [-0.39, 0.29) is 5.91 Å². The molecule has 0 atom stereocenters. The second-order valence-corrected chi connectivity index (χ2v) is 5.13. The first-order valence-electron chi connectivity index (χ1n) is 6.28. The van der Waals surface area contributed by atoms with Crippen LogP contribution in [0.2, 0.25) is 0 Å². The van der Waals surface area contributed by atoms with E-state index in [4.69, 9.17) is 0 Å². The second kappa shape index (κ2) is 8.29. The summed E-state index contributed by atoms with van der Waals surface area (Å²) in [5.74, 6) is 0.115. The maximum Gasteiger partial charge on any atom is 0.224 e. The van der Waals surface area contributed by atoms with Crippen LogP contribution in [0.25, 0.3) is 0 Å². The van der Waals surface area contributed by atoms with E-state index in [0.717, 1.165) is 23.0 Å². The van der Waals surface area contributed by atoms with Gasteiger partial charge < -0.3 is 5.32 Å². The van der Waals surface area contributed by atoms with Gasteiger partial charge in [-0.15, -0.1) is 0 Å². The van der Waals surface area contributed by atoms with Crippen molar-refractivity contribution in [1.82, 2.24) is 0 Å². The van der Waals surface area contributed by atoms with Crippen LogP contribution < -0.4 is 5.32 Å². The third-order valence-corrected chi connectivity index (χ3v) is 3.16. The minimum atomic E-state index is 0.115. The van der Waals surface area contributed by atoms with Crippen LogP contribution in [0.1, 0.15) is 45.4 Å². The van der Waals surface area contributed by atoms with Crippen molar-refractivity contribution in [3.05, 3.63) is 28.7 Å². The normalized spacial score (nSPS) is 10.2. The topological polar surface area (TPSA) is 29.1 Å². The second-order valence-electron chi connectivity index (χ2n) is 4.22. The third kappa shape index (κ3) is 6.47. The van der Waals surface area contributed by atoms with Gasteiger partial charge in [0.25, 0.3) is 0 Å². The molecule has 0 radical (unpaired) electrons. The molecule has 1 amide bonds. The molecular formula is C14H20BrNO. The molecule has 3 heteroatoms. The van der Waals surface area contributed by atoms with Crippen molar-refractivity contribution < 1.29 is 4.79 Å². The zero-order chi connectivity index (χ0) is 12.5. The Hall–Kier alpha value is -0.830. The number of hydrogen-bond acceptors (Lipinski definition) is 1. The fourth-order valence-corrected chi connectivity index (χ4v) is 1.91. The van der Waals surface area contributed by atoms with Crippen molar-refractivity contribution in [1.29, 1.82) is 0 Å². The zero-order valence-corrected chi connectivity index (χ0v) is 11.9. The van der Waals surface area contributed by atoms with Gasteiger partial charge in [-0.05, 0) is 30.7 Å². The van der Waals surface area contributed by atoms with E-state index in [9.17, 15) is 4.79 Å². The van der Waals surface area contributed by atoms with Crippen molar-refractivity contribution in [2.45, 2.75) is 45.4 Å². The third-order valence-electron chi connectivity index (χ3n) is 2.64. The summed E-state index contributed by atoms with van der Waals surface area (Å²) in [6.07, 6.45) is 6.52. The standard InChI is InChI=1S/C14H20BrNO/c1-2-3-4-5-6-7-14(17)16-13-10-8-12(15)9-11-13/h8-11H,2-7H2,1H3,(H,16,17). The summed E-state index contributed by atoms with van der Waals surface area (Å²) in [5.41, 5.74) is 0.867. The van der Waals surface area contributed by atoms with Crippen molar-refractivity contribution in [3.8, 4) is 0 Å². The Morgan fingerprint density at radius 2 is 1.76 bits per heavy atom. The predicted octanol–water partition coefficient (Wildman–Crippen LogP) is 4.75. The number of hydrogen-bond donors (Lipinski definition) is 1.